The number of Topliss-reactive ketones (excluding diaryl/α,β-unsaturated/α-hetero) is 1. The molecule has 1 fully saturated rings. The molecule has 0 N–H and O–H groups in total. The van der Waals surface area contributed by atoms with E-state index in [0.717, 1.165) is 13.1 Å². The van der Waals surface area contributed by atoms with Crippen LogP contribution < -0.4 is 0 Å². The minimum atomic E-state index is -0.265. The Kier molecular flexibility index (Phi) is 7.65. The van der Waals surface area contributed by atoms with Crippen molar-refractivity contribution in [2.24, 2.45) is 0 Å². The van der Waals surface area contributed by atoms with Crippen LogP contribution >= 0.6 is 0 Å². The normalized spacial score (nSPS) is 17.8. The Morgan fingerprint density at radius 1 is 1.00 bits per heavy atom. The van der Waals surface area contributed by atoms with E-state index in [4.69, 9.17) is 4.74 Å². The Morgan fingerprint density at radius 3 is 2.22 bits per heavy atom. The van der Waals surface area contributed by atoms with Gasteiger partial charge in [-0.3, -0.25) is 14.5 Å². The Labute approximate surface area is 110 Å². The van der Waals surface area contributed by atoms with E-state index < -0.39 is 0 Å². The van der Waals surface area contributed by atoms with Crippen LogP contribution in [0.5, 0.6) is 0 Å². The van der Waals surface area contributed by atoms with Gasteiger partial charge in [0.05, 0.1) is 19.6 Å². The third kappa shape index (κ3) is 6.74. The van der Waals surface area contributed by atoms with Crippen molar-refractivity contribution in [1.82, 2.24) is 4.90 Å². The summed E-state index contributed by atoms with van der Waals surface area (Å²) in [6, 6.07) is 0. The van der Waals surface area contributed by atoms with Crippen molar-refractivity contribution in [3.63, 3.8) is 0 Å². The molecule has 0 aromatic rings. The fourth-order valence-corrected chi connectivity index (χ4v) is 2.27. The highest BCUT2D eigenvalue weighted by Crippen LogP contribution is 2.10. The molecule has 104 valence electrons. The number of esters is 1. The van der Waals surface area contributed by atoms with Gasteiger partial charge in [0.1, 0.15) is 5.78 Å². The molecular weight excluding hydrogens is 230 g/mol. The van der Waals surface area contributed by atoms with Crippen molar-refractivity contribution in [3.05, 3.63) is 0 Å². The van der Waals surface area contributed by atoms with Gasteiger partial charge in [0.2, 0.25) is 0 Å². The van der Waals surface area contributed by atoms with Crippen molar-refractivity contribution in [2.45, 2.75) is 51.9 Å². The molecule has 1 saturated heterocycles. The second kappa shape index (κ2) is 9.09. The van der Waals surface area contributed by atoms with E-state index in [0.29, 0.717) is 19.6 Å². The zero-order chi connectivity index (χ0) is 13.2. The Hall–Kier alpha value is -0.900. The third-order valence-corrected chi connectivity index (χ3v) is 3.26. The summed E-state index contributed by atoms with van der Waals surface area (Å²) in [7, 11) is 0. The van der Waals surface area contributed by atoms with Gasteiger partial charge >= 0.3 is 5.97 Å². The van der Waals surface area contributed by atoms with E-state index in [1.807, 2.05) is 0 Å². The second-order valence-corrected chi connectivity index (χ2v) is 4.89. The number of rotatable bonds is 6. The number of hydrogen-bond donors (Lipinski definition) is 0. The summed E-state index contributed by atoms with van der Waals surface area (Å²) in [5.74, 6) is -0.109. The highest BCUT2D eigenvalue weighted by atomic mass is 16.5. The maximum absolute atomic E-state index is 11.8. The molecule has 0 bridgehead atoms. The molecule has 0 aromatic carbocycles. The molecule has 0 aliphatic carbocycles. The minimum Gasteiger partial charge on any atom is -0.466 e. The van der Waals surface area contributed by atoms with Crippen LogP contribution in [0.2, 0.25) is 0 Å². The van der Waals surface area contributed by atoms with E-state index in [1.165, 1.54) is 32.1 Å². The first kappa shape index (κ1) is 15.2. The van der Waals surface area contributed by atoms with Crippen molar-refractivity contribution in [3.8, 4) is 0 Å². The van der Waals surface area contributed by atoms with Gasteiger partial charge in [0.15, 0.2) is 0 Å². The summed E-state index contributed by atoms with van der Waals surface area (Å²) in [4.78, 5) is 25.1. The maximum atomic E-state index is 11.8. The molecule has 4 heteroatoms. The van der Waals surface area contributed by atoms with Gasteiger partial charge < -0.3 is 4.74 Å². The molecule has 0 spiro atoms. The second-order valence-electron chi connectivity index (χ2n) is 4.89. The van der Waals surface area contributed by atoms with Crippen LogP contribution in [0.25, 0.3) is 0 Å². The molecule has 4 nitrogen and oxygen atoms in total. The molecular formula is C14H25NO3. The molecule has 1 rings (SSSR count). The lowest BCUT2D eigenvalue weighted by molar-refractivity contribution is -0.144. The number of nitrogens with zero attached hydrogens (tertiary/aromatic N) is 1. The number of likely N-dealkylation sites (tertiary alicyclic amines) is 1. The highest BCUT2D eigenvalue weighted by molar-refractivity contribution is 5.84. The van der Waals surface area contributed by atoms with Gasteiger partial charge in [-0.1, -0.05) is 19.3 Å². The summed E-state index contributed by atoms with van der Waals surface area (Å²) in [6.45, 7) is 4.70. The molecule has 1 aliphatic heterocycles. The maximum Gasteiger partial charge on any atom is 0.306 e. The van der Waals surface area contributed by atoms with Crippen molar-refractivity contribution in [1.29, 1.82) is 0 Å². The van der Waals surface area contributed by atoms with Crippen molar-refractivity contribution < 1.29 is 14.3 Å². The number of hydrogen-bond acceptors (Lipinski definition) is 4. The van der Waals surface area contributed by atoms with Gasteiger partial charge in [0.25, 0.3) is 0 Å². The SMILES string of the molecule is CCOC(=O)CCC(=O)CN1CCCCCCC1. The van der Waals surface area contributed by atoms with Crippen LogP contribution in [0.1, 0.15) is 51.9 Å². The van der Waals surface area contributed by atoms with Crippen LogP contribution in [-0.2, 0) is 14.3 Å². The average Bonchev–Trinajstić information content (AvgIpc) is 2.30. The van der Waals surface area contributed by atoms with Gasteiger partial charge in [-0.05, 0) is 32.9 Å². The van der Waals surface area contributed by atoms with Gasteiger partial charge in [-0.2, -0.15) is 0 Å². The summed E-state index contributed by atoms with van der Waals surface area (Å²) in [5.41, 5.74) is 0. The number of ketones is 1. The largest absolute Gasteiger partial charge is 0.466 e. The van der Waals surface area contributed by atoms with Gasteiger partial charge in [-0.15, -0.1) is 0 Å². The van der Waals surface area contributed by atoms with Crippen LogP contribution in [0.15, 0.2) is 0 Å². The van der Waals surface area contributed by atoms with Crippen LogP contribution in [0, 0.1) is 0 Å². The Morgan fingerprint density at radius 2 is 1.61 bits per heavy atom. The van der Waals surface area contributed by atoms with E-state index in [9.17, 15) is 9.59 Å². The molecule has 1 aliphatic rings. The lowest BCUT2D eigenvalue weighted by Crippen LogP contribution is -2.32. The predicted octanol–water partition coefficient (Wildman–Crippen LogP) is 2.16. The van der Waals surface area contributed by atoms with E-state index >= 15 is 0 Å². The topological polar surface area (TPSA) is 46.6 Å². The molecule has 0 amide bonds. The fourth-order valence-electron chi connectivity index (χ4n) is 2.27. The van der Waals surface area contributed by atoms with Crippen LogP contribution in [-0.4, -0.2) is 42.9 Å². The molecule has 0 saturated carbocycles. The smallest absolute Gasteiger partial charge is 0.306 e. The number of carbonyl (C=O) groups is 2. The Balaban J connectivity index is 2.19. The molecule has 1 heterocycles. The van der Waals surface area contributed by atoms with Crippen molar-refractivity contribution in [2.75, 3.05) is 26.2 Å². The minimum absolute atomic E-state index is 0.156. The summed E-state index contributed by atoms with van der Waals surface area (Å²) in [6.07, 6.45) is 6.78. The lowest BCUT2D eigenvalue weighted by Gasteiger charge is -2.23. The standard InChI is InChI=1S/C14H25NO3/c1-2-18-14(17)9-8-13(16)12-15-10-6-4-3-5-7-11-15/h2-12H2,1H3. The summed E-state index contributed by atoms with van der Waals surface area (Å²) in [5, 5.41) is 0. The zero-order valence-electron chi connectivity index (χ0n) is 11.5. The highest BCUT2D eigenvalue weighted by Gasteiger charge is 2.13. The van der Waals surface area contributed by atoms with E-state index in [-0.39, 0.29) is 18.2 Å². The van der Waals surface area contributed by atoms with Gasteiger partial charge in [-0.25, -0.2) is 0 Å². The first-order valence-electron chi connectivity index (χ1n) is 7.12. The first-order valence-corrected chi connectivity index (χ1v) is 7.12. The molecule has 18 heavy (non-hydrogen) atoms. The fraction of sp³-hybridized carbons (Fsp3) is 0.857. The van der Waals surface area contributed by atoms with Crippen LogP contribution in [0.3, 0.4) is 0 Å². The number of ether oxygens (including phenoxy) is 1. The van der Waals surface area contributed by atoms with Crippen LogP contribution in [0.4, 0.5) is 0 Å². The Bertz CT molecular complexity index is 258. The molecule has 0 unspecified atom stereocenters. The zero-order valence-corrected chi connectivity index (χ0v) is 11.5. The van der Waals surface area contributed by atoms with E-state index in [1.54, 1.807) is 6.92 Å². The monoisotopic (exact) mass is 255 g/mol. The average molecular weight is 255 g/mol. The first-order chi connectivity index (χ1) is 8.72. The molecule has 0 atom stereocenters. The third-order valence-electron chi connectivity index (χ3n) is 3.26. The van der Waals surface area contributed by atoms with Gasteiger partial charge in [0, 0.05) is 6.42 Å². The van der Waals surface area contributed by atoms with Crippen molar-refractivity contribution >= 4 is 11.8 Å². The molecule has 0 radical (unpaired) electrons. The quantitative estimate of drug-likeness (QED) is 0.682. The van der Waals surface area contributed by atoms with E-state index in [2.05, 4.69) is 4.90 Å². The lowest BCUT2D eigenvalue weighted by atomic mass is 10.1. The summed E-state index contributed by atoms with van der Waals surface area (Å²) >= 11 is 0. The summed E-state index contributed by atoms with van der Waals surface area (Å²) < 4.78 is 4.81. The number of carbonyl (C=O) groups excluding carboxylic acids is 2. The molecule has 0 aromatic heterocycles. The predicted molar refractivity (Wildman–Crippen MR) is 70.4 cm³/mol.